The first-order valence-electron chi connectivity index (χ1n) is 7.71. The first-order valence-corrected chi connectivity index (χ1v) is 7.71. The molecule has 6 heteroatoms. The van der Waals surface area contributed by atoms with Gasteiger partial charge in [-0.2, -0.15) is 0 Å². The third-order valence-corrected chi connectivity index (χ3v) is 3.09. The summed E-state index contributed by atoms with van der Waals surface area (Å²) in [6, 6.07) is 13.3. The maximum atomic E-state index is 12.1. The zero-order chi connectivity index (χ0) is 17.4. The number of urea groups is 1. The second-order valence-electron chi connectivity index (χ2n) is 4.80. The number of ether oxygens (including phenoxy) is 2. The van der Waals surface area contributed by atoms with E-state index in [-0.39, 0.29) is 6.61 Å². The third kappa shape index (κ3) is 4.74. The number of nitrogens with one attached hydrogen (secondary N) is 2. The molecule has 0 unspecified atom stereocenters. The number of rotatable bonds is 6. The van der Waals surface area contributed by atoms with Crippen LogP contribution >= 0.6 is 0 Å². The number of hydrogen-bond donors (Lipinski definition) is 2. The fourth-order valence-corrected chi connectivity index (χ4v) is 2.06. The SMILES string of the molecule is CCOC(=O)c1ccccc1NC(=O)Nc1ccc(OCC)cc1. The molecule has 0 aromatic heterocycles. The summed E-state index contributed by atoms with van der Waals surface area (Å²) in [5.41, 5.74) is 1.31. The first kappa shape index (κ1) is 17.3. The van der Waals surface area contributed by atoms with Gasteiger partial charge in [-0.15, -0.1) is 0 Å². The average molecular weight is 328 g/mol. The zero-order valence-corrected chi connectivity index (χ0v) is 13.7. The lowest BCUT2D eigenvalue weighted by atomic mass is 10.2. The topological polar surface area (TPSA) is 76.7 Å². The monoisotopic (exact) mass is 328 g/mol. The van der Waals surface area contributed by atoms with Crippen molar-refractivity contribution in [1.82, 2.24) is 0 Å². The Balaban J connectivity index is 2.03. The van der Waals surface area contributed by atoms with Crippen LogP contribution < -0.4 is 15.4 Å². The molecule has 2 aromatic carbocycles. The van der Waals surface area contributed by atoms with Crippen LogP contribution in [0, 0.1) is 0 Å². The Labute approximate surface area is 140 Å². The molecule has 6 nitrogen and oxygen atoms in total. The summed E-state index contributed by atoms with van der Waals surface area (Å²) in [5, 5.41) is 5.36. The summed E-state index contributed by atoms with van der Waals surface area (Å²) >= 11 is 0. The molecular weight excluding hydrogens is 308 g/mol. The van der Waals surface area contributed by atoms with Crippen molar-refractivity contribution in [3.05, 3.63) is 54.1 Å². The molecule has 0 heterocycles. The molecule has 126 valence electrons. The van der Waals surface area contributed by atoms with Crippen molar-refractivity contribution < 1.29 is 19.1 Å². The minimum Gasteiger partial charge on any atom is -0.494 e. The summed E-state index contributed by atoms with van der Waals surface area (Å²) in [7, 11) is 0. The van der Waals surface area contributed by atoms with E-state index in [9.17, 15) is 9.59 Å². The standard InChI is InChI=1S/C18H20N2O4/c1-3-23-14-11-9-13(10-12-14)19-18(22)20-16-8-6-5-7-15(16)17(21)24-4-2/h5-12H,3-4H2,1-2H3,(H2,19,20,22). The van der Waals surface area contributed by atoms with Gasteiger partial charge < -0.3 is 20.1 Å². The Morgan fingerprint density at radius 1 is 0.917 bits per heavy atom. The Bertz CT molecular complexity index is 698. The second kappa shape index (κ2) is 8.57. The number of benzene rings is 2. The van der Waals surface area contributed by atoms with Gasteiger partial charge in [0.25, 0.3) is 0 Å². The van der Waals surface area contributed by atoms with Gasteiger partial charge in [0.05, 0.1) is 24.5 Å². The van der Waals surface area contributed by atoms with Gasteiger partial charge in [0, 0.05) is 5.69 Å². The molecule has 0 atom stereocenters. The minimum atomic E-state index is -0.477. The third-order valence-electron chi connectivity index (χ3n) is 3.09. The van der Waals surface area contributed by atoms with E-state index >= 15 is 0 Å². The number of carbonyl (C=O) groups is 2. The highest BCUT2D eigenvalue weighted by Crippen LogP contribution is 2.18. The number of anilines is 2. The molecule has 0 aliphatic carbocycles. The second-order valence-corrected chi connectivity index (χ2v) is 4.80. The number of amides is 2. The van der Waals surface area contributed by atoms with Gasteiger partial charge in [0.2, 0.25) is 0 Å². The van der Waals surface area contributed by atoms with Crippen LogP contribution in [0.4, 0.5) is 16.2 Å². The number of para-hydroxylation sites is 1. The van der Waals surface area contributed by atoms with E-state index in [4.69, 9.17) is 9.47 Å². The van der Waals surface area contributed by atoms with E-state index in [1.54, 1.807) is 55.5 Å². The summed E-state index contributed by atoms with van der Waals surface area (Å²) in [5.74, 6) is 0.255. The van der Waals surface area contributed by atoms with Gasteiger partial charge >= 0.3 is 12.0 Å². The van der Waals surface area contributed by atoms with E-state index in [1.165, 1.54) is 0 Å². The van der Waals surface area contributed by atoms with Crippen molar-refractivity contribution in [2.24, 2.45) is 0 Å². The molecule has 0 saturated heterocycles. The normalized spacial score (nSPS) is 9.92. The fraction of sp³-hybridized carbons (Fsp3) is 0.222. The van der Waals surface area contributed by atoms with Crippen LogP contribution in [-0.4, -0.2) is 25.2 Å². The lowest BCUT2D eigenvalue weighted by molar-refractivity contribution is 0.0527. The molecule has 0 aliphatic rings. The van der Waals surface area contributed by atoms with Crippen LogP contribution in [0.2, 0.25) is 0 Å². The van der Waals surface area contributed by atoms with Gasteiger partial charge in [-0.05, 0) is 50.2 Å². The van der Waals surface area contributed by atoms with E-state index in [0.29, 0.717) is 23.5 Å². The highest BCUT2D eigenvalue weighted by molar-refractivity contribution is 6.05. The van der Waals surface area contributed by atoms with Crippen LogP contribution in [0.25, 0.3) is 0 Å². The molecule has 0 bridgehead atoms. The van der Waals surface area contributed by atoms with Crippen LogP contribution in [0.15, 0.2) is 48.5 Å². The molecule has 2 N–H and O–H groups in total. The Morgan fingerprint density at radius 2 is 1.62 bits per heavy atom. The molecule has 0 spiro atoms. The van der Waals surface area contributed by atoms with Crippen molar-refractivity contribution in [3.8, 4) is 5.75 Å². The highest BCUT2D eigenvalue weighted by atomic mass is 16.5. The van der Waals surface area contributed by atoms with Gasteiger partial charge in [0.15, 0.2) is 0 Å². The van der Waals surface area contributed by atoms with Gasteiger partial charge in [-0.1, -0.05) is 12.1 Å². The quantitative estimate of drug-likeness (QED) is 0.788. The molecule has 2 aromatic rings. The van der Waals surface area contributed by atoms with Crippen LogP contribution in [0.5, 0.6) is 5.75 Å². The Hall–Kier alpha value is -3.02. The molecule has 0 saturated carbocycles. The van der Waals surface area contributed by atoms with E-state index in [1.807, 2.05) is 6.92 Å². The van der Waals surface area contributed by atoms with Crippen LogP contribution in [0.3, 0.4) is 0 Å². The van der Waals surface area contributed by atoms with Crippen molar-refractivity contribution in [2.45, 2.75) is 13.8 Å². The highest BCUT2D eigenvalue weighted by Gasteiger charge is 2.13. The first-order chi connectivity index (χ1) is 11.6. The predicted molar refractivity (Wildman–Crippen MR) is 92.7 cm³/mol. The maximum Gasteiger partial charge on any atom is 0.340 e. The molecule has 24 heavy (non-hydrogen) atoms. The lowest BCUT2D eigenvalue weighted by Crippen LogP contribution is -2.21. The lowest BCUT2D eigenvalue weighted by Gasteiger charge is -2.11. The van der Waals surface area contributed by atoms with Gasteiger partial charge in [-0.25, -0.2) is 9.59 Å². The van der Waals surface area contributed by atoms with E-state index in [0.717, 1.165) is 5.75 Å². The smallest absolute Gasteiger partial charge is 0.340 e. The Morgan fingerprint density at radius 3 is 2.29 bits per heavy atom. The number of hydrogen-bond acceptors (Lipinski definition) is 4. The molecule has 2 amide bonds. The van der Waals surface area contributed by atoms with Crippen molar-refractivity contribution in [2.75, 3.05) is 23.8 Å². The zero-order valence-electron chi connectivity index (χ0n) is 13.7. The summed E-state index contributed by atoms with van der Waals surface area (Å²) in [6.07, 6.45) is 0. The van der Waals surface area contributed by atoms with E-state index < -0.39 is 12.0 Å². The van der Waals surface area contributed by atoms with Crippen molar-refractivity contribution in [3.63, 3.8) is 0 Å². The molecule has 0 fully saturated rings. The summed E-state index contributed by atoms with van der Waals surface area (Å²) < 4.78 is 10.3. The molecular formula is C18H20N2O4. The maximum absolute atomic E-state index is 12.1. The predicted octanol–water partition coefficient (Wildman–Crippen LogP) is 3.91. The van der Waals surface area contributed by atoms with Gasteiger partial charge in [0.1, 0.15) is 5.75 Å². The Kier molecular flexibility index (Phi) is 6.19. The average Bonchev–Trinajstić information content (AvgIpc) is 2.57. The van der Waals surface area contributed by atoms with Crippen molar-refractivity contribution in [1.29, 1.82) is 0 Å². The van der Waals surface area contributed by atoms with Crippen LogP contribution in [-0.2, 0) is 4.74 Å². The van der Waals surface area contributed by atoms with Crippen LogP contribution in [0.1, 0.15) is 24.2 Å². The van der Waals surface area contributed by atoms with Gasteiger partial charge in [-0.3, -0.25) is 0 Å². The molecule has 0 aliphatic heterocycles. The minimum absolute atomic E-state index is 0.269. The fourth-order valence-electron chi connectivity index (χ4n) is 2.06. The summed E-state index contributed by atoms with van der Waals surface area (Å²) in [6.45, 7) is 4.48. The number of carbonyl (C=O) groups excluding carboxylic acids is 2. The number of esters is 1. The molecule has 0 radical (unpaired) electrons. The van der Waals surface area contributed by atoms with E-state index in [2.05, 4.69) is 10.6 Å². The molecule has 2 rings (SSSR count). The summed E-state index contributed by atoms with van der Waals surface area (Å²) in [4.78, 5) is 24.0. The van der Waals surface area contributed by atoms with Crippen molar-refractivity contribution >= 4 is 23.4 Å². The largest absolute Gasteiger partial charge is 0.494 e.